The van der Waals surface area contributed by atoms with Crippen LogP contribution < -0.4 is 5.32 Å². The van der Waals surface area contributed by atoms with Crippen molar-refractivity contribution in [2.24, 2.45) is 10.4 Å². The van der Waals surface area contributed by atoms with E-state index in [4.69, 9.17) is 0 Å². The molecule has 0 spiro atoms. The summed E-state index contributed by atoms with van der Waals surface area (Å²) in [6, 6.07) is 10.3. The van der Waals surface area contributed by atoms with E-state index in [0.717, 1.165) is 18.5 Å². The van der Waals surface area contributed by atoms with Crippen LogP contribution in [0.5, 0.6) is 0 Å². The van der Waals surface area contributed by atoms with Gasteiger partial charge in [-0.25, -0.2) is 0 Å². The second kappa shape index (κ2) is 4.74. The van der Waals surface area contributed by atoms with Gasteiger partial charge in [0.2, 0.25) is 0 Å². The fourth-order valence-corrected chi connectivity index (χ4v) is 2.30. The number of nitrogens with zero attached hydrogens (tertiary/aromatic N) is 1. The van der Waals surface area contributed by atoms with Crippen molar-refractivity contribution in [1.82, 2.24) is 0 Å². The van der Waals surface area contributed by atoms with Gasteiger partial charge in [0.05, 0.1) is 0 Å². The molecule has 0 unspecified atom stereocenters. The van der Waals surface area contributed by atoms with E-state index < -0.39 is 0 Å². The van der Waals surface area contributed by atoms with Gasteiger partial charge < -0.3 is 5.32 Å². The molecule has 1 aliphatic rings. The quantitative estimate of drug-likeness (QED) is 0.816. The molecule has 2 heteroatoms. The molecule has 0 bridgehead atoms. The van der Waals surface area contributed by atoms with Gasteiger partial charge in [-0.15, -0.1) is 0 Å². The van der Waals surface area contributed by atoms with E-state index in [1.807, 2.05) is 25.2 Å². The Morgan fingerprint density at radius 2 is 1.82 bits per heavy atom. The normalized spacial score (nSPS) is 21.1. The minimum atomic E-state index is 0.292. The fourth-order valence-electron chi connectivity index (χ4n) is 2.30. The van der Waals surface area contributed by atoms with Crippen LogP contribution in [0.25, 0.3) is 0 Å². The summed E-state index contributed by atoms with van der Waals surface area (Å²) >= 11 is 0. The third kappa shape index (κ3) is 3.19. The molecule has 0 saturated heterocycles. The van der Waals surface area contributed by atoms with E-state index in [2.05, 4.69) is 42.4 Å². The summed E-state index contributed by atoms with van der Waals surface area (Å²) in [6.45, 7) is 4.58. The van der Waals surface area contributed by atoms with Crippen molar-refractivity contribution in [1.29, 1.82) is 0 Å². The van der Waals surface area contributed by atoms with Gasteiger partial charge in [-0.3, -0.25) is 4.99 Å². The van der Waals surface area contributed by atoms with Crippen LogP contribution in [-0.2, 0) is 0 Å². The highest BCUT2D eigenvalue weighted by atomic mass is 14.9. The Hall–Kier alpha value is -1.57. The van der Waals surface area contributed by atoms with E-state index in [0.29, 0.717) is 5.41 Å². The minimum absolute atomic E-state index is 0.292. The van der Waals surface area contributed by atoms with Crippen molar-refractivity contribution < 1.29 is 0 Å². The summed E-state index contributed by atoms with van der Waals surface area (Å²) in [5.41, 5.74) is 3.88. The van der Waals surface area contributed by atoms with Crippen molar-refractivity contribution in [2.75, 3.05) is 12.4 Å². The SMILES string of the molecule is CN=C1C=C(Nc2ccccc2)CC(C)(C)C1. The predicted molar refractivity (Wildman–Crippen MR) is 74.5 cm³/mol. The van der Waals surface area contributed by atoms with Crippen molar-refractivity contribution in [3.05, 3.63) is 42.1 Å². The third-order valence-corrected chi connectivity index (χ3v) is 3.04. The first-order valence-electron chi connectivity index (χ1n) is 6.07. The Labute approximate surface area is 103 Å². The number of rotatable bonds is 2. The van der Waals surface area contributed by atoms with Crippen LogP contribution in [0.15, 0.2) is 47.1 Å². The lowest BCUT2D eigenvalue weighted by Crippen LogP contribution is -2.24. The maximum atomic E-state index is 4.34. The lowest BCUT2D eigenvalue weighted by Gasteiger charge is -2.31. The molecule has 0 heterocycles. The molecule has 2 rings (SSSR count). The standard InChI is InChI=1S/C15H20N2/c1-15(2)10-13(16-3)9-14(11-15)17-12-7-5-4-6-8-12/h4-9,17H,10-11H2,1-3H3. The maximum Gasteiger partial charge on any atom is 0.0381 e. The molecular weight excluding hydrogens is 208 g/mol. The van der Waals surface area contributed by atoms with Gasteiger partial charge >= 0.3 is 0 Å². The van der Waals surface area contributed by atoms with Gasteiger partial charge in [0, 0.05) is 24.1 Å². The summed E-state index contributed by atoms with van der Waals surface area (Å²) in [4.78, 5) is 4.34. The van der Waals surface area contributed by atoms with Gasteiger partial charge in [0.1, 0.15) is 0 Å². The number of allylic oxidation sites excluding steroid dienone is 2. The topological polar surface area (TPSA) is 24.4 Å². The van der Waals surface area contributed by atoms with E-state index in [9.17, 15) is 0 Å². The molecule has 1 N–H and O–H groups in total. The third-order valence-electron chi connectivity index (χ3n) is 3.04. The number of benzene rings is 1. The maximum absolute atomic E-state index is 4.34. The molecule has 1 aliphatic carbocycles. The number of para-hydroxylation sites is 1. The van der Waals surface area contributed by atoms with Gasteiger partial charge in [0.15, 0.2) is 0 Å². The molecule has 2 nitrogen and oxygen atoms in total. The van der Waals surface area contributed by atoms with Crippen molar-refractivity contribution >= 4 is 11.4 Å². The lowest BCUT2D eigenvalue weighted by molar-refractivity contribution is 0.374. The number of anilines is 1. The molecule has 1 aromatic carbocycles. The summed E-state index contributed by atoms with van der Waals surface area (Å²) in [6.07, 6.45) is 4.31. The Morgan fingerprint density at radius 3 is 2.47 bits per heavy atom. The molecule has 0 fully saturated rings. The zero-order chi connectivity index (χ0) is 12.3. The van der Waals surface area contributed by atoms with E-state index >= 15 is 0 Å². The predicted octanol–water partition coefficient (Wildman–Crippen LogP) is 3.87. The average molecular weight is 228 g/mol. The van der Waals surface area contributed by atoms with Crippen molar-refractivity contribution in [2.45, 2.75) is 26.7 Å². The number of hydrogen-bond donors (Lipinski definition) is 1. The Morgan fingerprint density at radius 1 is 1.12 bits per heavy atom. The van der Waals surface area contributed by atoms with E-state index in [1.165, 1.54) is 11.4 Å². The molecule has 17 heavy (non-hydrogen) atoms. The fraction of sp³-hybridized carbons (Fsp3) is 0.400. The monoisotopic (exact) mass is 228 g/mol. The highest BCUT2D eigenvalue weighted by Crippen LogP contribution is 2.34. The first kappa shape index (κ1) is 11.9. The first-order valence-corrected chi connectivity index (χ1v) is 6.07. The summed E-state index contributed by atoms with van der Waals surface area (Å²) < 4.78 is 0. The van der Waals surface area contributed by atoms with Crippen LogP contribution in [0.3, 0.4) is 0 Å². The van der Waals surface area contributed by atoms with Gasteiger partial charge in [0.25, 0.3) is 0 Å². The molecule has 0 radical (unpaired) electrons. The molecule has 90 valence electrons. The molecular formula is C15H20N2. The molecule has 0 atom stereocenters. The minimum Gasteiger partial charge on any atom is -0.359 e. The van der Waals surface area contributed by atoms with Crippen molar-refractivity contribution in [3.63, 3.8) is 0 Å². The Balaban J connectivity index is 2.18. The van der Waals surface area contributed by atoms with E-state index in [-0.39, 0.29) is 0 Å². The van der Waals surface area contributed by atoms with E-state index in [1.54, 1.807) is 0 Å². The first-order chi connectivity index (χ1) is 8.09. The largest absolute Gasteiger partial charge is 0.359 e. The molecule has 0 aromatic heterocycles. The zero-order valence-electron chi connectivity index (χ0n) is 10.8. The van der Waals surface area contributed by atoms with Crippen LogP contribution in [0, 0.1) is 5.41 Å². The number of hydrogen-bond acceptors (Lipinski definition) is 2. The Bertz CT molecular complexity index is 441. The molecule has 0 amide bonds. The van der Waals surface area contributed by atoms with Crippen LogP contribution >= 0.6 is 0 Å². The van der Waals surface area contributed by atoms with Crippen LogP contribution in [0.4, 0.5) is 5.69 Å². The zero-order valence-corrected chi connectivity index (χ0v) is 10.8. The van der Waals surface area contributed by atoms with Gasteiger partial charge in [-0.1, -0.05) is 32.0 Å². The van der Waals surface area contributed by atoms with Crippen LogP contribution in [0.2, 0.25) is 0 Å². The number of aliphatic imine (C=N–C) groups is 1. The van der Waals surface area contributed by atoms with Gasteiger partial charge in [-0.05, 0) is 36.5 Å². The summed E-state index contributed by atoms with van der Waals surface area (Å²) in [5.74, 6) is 0. The second-order valence-corrected chi connectivity index (χ2v) is 5.39. The molecule has 1 aromatic rings. The summed E-state index contributed by atoms with van der Waals surface area (Å²) in [7, 11) is 1.87. The average Bonchev–Trinajstić information content (AvgIpc) is 2.28. The van der Waals surface area contributed by atoms with Gasteiger partial charge in [-0.2, -0.15) is 0 Å². The second-order valence-electron chi connectivity index (χ2n) is 5.39. The Kier molecular flexibility index (Phi) is 3.32. The van der Waals surface area contributed by atoms with Crippen LogP contribution in [-0.4, -0.2) is 12.8 Å². The molecule has 0 saturated carbocycles. The number of nitrogens with one attached hydrogen (secondary N) is 1. The summed E-state index contributed by atoms with van der Waals surface area (Å²) in [5, 5.41) is 3.48. The highest BCUT2D eigenvalue weighted by Gasteiger charge is 2.26. The highest BCUT2D eigenvalue weighted by molar-refractivity contribution is 5.97. The smallest absolute Gasteiger partial charge is 0.0381 e. The molecule has 0 aliphatic heterocycles. The van der Waals surface area contributed by atoms with Crippen LogP contribution in [0.1, 0.15) is 26.7 Å². The lowest BCUT2D eigenvalue weighted by atomic mass is 9.78. The van der Waals surface area contributed by atoms with Crippen molar-refractivity contribution in [3.8, 4) is 0 Å².